The van der Waals surface area contributed by atoms with E-state index >= 15 is 0 Å². The third-order valence-corrected chi connectivity index (χ3v) is 5.64. The molecule has 0 aliphatic carbocycles. The van der Waals surface area contributed by atoms with Gasteiger partial charge in [0.15, 0.2) is 11.0 Å². The Morgan fingerprint density at radius 3 is 2.56 bits per heavy atom. The summed E-state index contributed by atoms with van der Waals surface area (Å²) >= 11 is 13.7. The maximum atomic E-state index is 6.07. The number of anilines is 1. The van der Waals surface area contributed by atoms with Gasteiger partial charge >= 0.3 is 0 Å². The molecule has 3 aromatic rings. The summed E-state index contributed by atoms with van der Waals surface area (Å²) in [7, 11) is 6.03. The molecule has 3 rings (SSSR count). The third kappa shape index (κ3) is 4.11. The smallest absolute Gasteiger partial charge is 0.191 e. The fourth-order valence-electron chi connectivity index (χ4n) is 2.39. The Morgan fingerprint density at radius 2 is 1.84 bits per heavy atom. The largest absolute Gasteiger partial charge is 0.378 e. The van der Waals surface area contributed by atoms with Crippen molar-refractivity contribution in [2.24, 2.45) is 7.05 Å². The standard InChI is InChI=1S/C18H18Cl2N4S/c1-23(2)14-6-4-5-13(10-14)17-21-22-18(24(17)3)25-11-12-7-8-15(19)16(20)9-12/h4-10H,11H2,1-3H3. The molecule has 0 bridgehead atoms. The molecule has 25 heavy (non-hydrogen) atoms. The summed E-state index contributed by atoms with van der Waals surface area (Å²) in [5.74, 6) is 1.60. The van der Waals surface area contributed by atoms with Crippen LogP contribution < -0.4 is 4.90 Å². The summed E-state index contributed by atoms with van der Waals surface area (Å²) in [5.41, 5.74) is 3.27. The number of benzene rings is 2. The van der Waals surface area contributed by atoms with Gasteiger partial charge in [-0.05, 0) is 29.8 Å². The van der Waals surface area contributed by atoms with Crippen molar-refractivity contribution in [1.82, 2.24) is 14.8 Å². The van der Waals surface area contributed by atoms with Crippen LogP contribution in [0, 0.1) is 0 Å². The zero-order chi connectivity index (χ0) is 18.0. The minimum absolute atomic E-state index is 0.567. The molecule has 0 amide bonds. The van der Waals surface area contributed by atoms with Gasteiger partial charge in [0.1, 0.15) is 0 Å². The highest BCUT2D eigenvalue weighted by Gasteiger charge is 2.12. The molecular weight excluding hydrogens is 375 g/mol. The Balaban J connectivity index is 1.79. The van der Waals surface area contributed by atoms with Crippen LogP contribution in [0.25, 0.3) is 11.4 Å². The monoisotopic (exact) mass is 392 g/mol. The van der Waals surface area contributed by atoms with E-state index in [9.17, 15) is 0 Å². The predicted molar refractivity (Wildman–Crippen MR) is 107 cm³/mol. The van der Waals surface area contributed by atoms with Crippen LogP contribution in [0.2, 0.25) is 10.0 Å². The average molecular weight is 393 g/mol. The van der Waals surface area contributed by atoms with Crippen molar-refractivity contribution in [3.63, 3.8) is 0 Å². The van der Waals surface area contributed by atoms with E-state index in [0.29, 0.717) is 10.0 Å². The number of halogens is 2. The molecule has 130 valence electrons. The van der Waals surface area contributed by atoms with Crippen molar-refractivity contribution < 1.29 is 0 Å². The van der Waals surface area contributed by atoms with Gasteiger partial charge in [0.2, 0.25) is 0 Å². The third-order valence-electron chi connectivity index (χ3n) is 3.81. The van der Waals surface area contributed by atoms with Crippen molar-refractivity contribution in [3.05, 3.63) is 58.1 Å². The minimum atomic E-state index is 0.567. The summed E-state index contributed by atoms with van der Waals surface area (Å²) in [6.45, 7) is 0. The lowest BCUT2D eigenvalue weighted by molar-refractivity contribution is 0.794. The zero-order valence-corrected chi connectivity index (χ0v) is 16.5. The Labute approximate surface area is 161 Å². The van der Waals surface area contributed by atoms with Crippen LogP contribution in [0.3, 0.4) is 0 Å². The van der Waals surface area contributed by atoms with E-state index in [1.165, 1.54) is 0 Å². The van der Waals surface area contributed by atoms with E-state index in [4.69, 9.17) is 23.2 Å². The first kappa shape index (κ1) is 18.1. The molecule has 0 radical (unpaired) electrons. The quantitative estimate of drug-likeness (QED) is 0.562. The van der Waals surface area contributed by atoms with Crippen molar-refractivity contribution in [1.29, 1.82) is 0 Å². The lowest BCUT2D eigenvalue weighted by Gasteiger charge is -2.13. The molecule has 0 fully saturated rings. The van der Waals surface area contributed by atoms with Crippen LogP contribution >= 0.6 is 35.0 Å². The van der Waals surface area contributed by atoms with Crippen LogP contribution in [0.15, 0.2) is 47.6 Å². The number of aromatic nitrogens is 3. The number of rotatable bonds is 5. The normalized spacial score (nSPS) is 10.9. The number of hydrogen-bond acceptors (Lipinski definition) is 4. The molecule has 1 heterocycles. The van der Waals surface area contributed by atoms with Gasteiger partial charge in [-0.25, -0.2) is 0 Å². The molecule has 0 N–H and O–H groups in total. The van der Waals surface area contributed by atoms with Gasteiger partial charge < -0.3 is 9.47 Å². The van der Waals surface area contributed by atoms with Gasteiger partial charge in [0, 0.05) is 38.1 Å². The number of thioether (sulfide) groups is 1. The second-order valence-electron chi connectivity index (χ2n) is 5.85. The molecule has 7 heteroatoms. The van der Waals surface area contributed by atoms with E-state index in [-0.39, 0.29) is 0 Å². The van der Waals surface area contributed by atoms with E-state index in [1.54, 1.807) is 11.8 Å². The molecule has 0 saturated carbocycles. The second kappa shape index (κ2) is 7.68. The Morgan fingerprint density at radius 1 is 1.04 bits per heavy atom. The molecule has 0 unspecified atom stereocenters. The molecule has 1 aromatic heterocycles. The van der Waals surface area contributed by atoms with Crippen LogP contribution in [0.4, 0.5) is 5.69 Å². The van der Waals surface area contributed by atoms with Crippen molar-refractivity contribution in [2.45, 2.75) is 10.9 Å². The summed E-state index contributed by atoms with van der Waals surface area (Å²) < 4.78 is 2.01. The van der Waals surface area contributed by atoms with Gasteiger partial charge in [0.05, 0.1) is 10.0 Å². The highest BCUT2D eigenvalue weighted by Crippen LogP contribution is 2.29. The number of nitrogens with zero attached hydrogens (tertiary/aromatic N) is 4. The Kier molecular flexibility index (Phi) is 5.57. The summed E-state index contributed by atoms with van der Waals surface area (Å²) in [4.78, 5) is 2.07. The first-order valence-electron chi connectivity index (χ1n) is 7.69. The van der Waals surface area contributed by atoms with Crippen LogP contribution in [0.1, 0.15) is 5.56 Å². The highest BCUT2D eigenvalue weighted by molar-refractivity contribution is 7.98. The summed E-state index contributed by atoms with van der Waals surface area (Å²) in [6.07, 6.45) is 0. The molecule has 0 spiro atoms. The summed E-state index contributed by atoms with van der Waals surface area (Å²) in [5, 5.41) is 10.7. The first-order valence-corrected chi connectivity index (χ1v) is 9.43. The molecule has 0 aliphatic rings. The van der Waals surface area contributed by atoms with E-state index < -0.39 is 0 Å². The first-order chi connectivity index (χ1) is 12.0. The predicted octanol–water partition coefficient (Wildman–Crippen LogP) is 5.15. The van der Waals surface area contributed by atoms with Crippen LogP contribution in [0.5, 0.6) is 0 Å². The van der Waals surface area contributed by atoms with Gasteiger partial charge in [-0.15, -0.1) is 10.2 Å². The SMILES string of the molecule is CN(C)c1cccc(-c2nnc(SCc3ccc(Cl)c(Cl)c3)n2C)c1. The molecule has 0 atom stereocenters. The second-order valence-corrected chi connectivity index (χ2v) is 7.60. The van der Waals surface area contributed by atoms with Crippen molar-refractivity contribution >= 4 is 40.7 Å². The topological polar surface area (TPSA) is 34.0 Å². The van der Waals surface area contributed by atoms with Crippen molar-refractivity contribution in [3.8, 4) is 11.4 Å². The number of hydrogen-bond donors (Lipinski definition) is 0. The minimum Gasteiger partial charge on any atom is -0.378 e. The van der Waals surface area contributed by atoms with E-state index in [0.717, 1.165) is 33.5 Å². The van der Waals surface area contributed by atoms with Gasteiger partial charge in [-0.2, -0.15) is 0 Å². The van der Waals surface area contributed by atoms with Gasteiger partial charge in [-0.3, -0.25) is 0 Å². The lowest BCUT2D eigenvalue weighted by atomic mass is 10.2. The maximum absolute atomic E-state index is 6.07. The molecule has 4 nitrogen and oxygen atoms in total. The summed E-state index contributed by atoms with van der Waals surface area (Å²) in [6, 6.07) is 13.9. The lowest BCUT2D eigenvalue weighted by Crippen LogP contribution is -2.08. The van der Waals surface area contributed by atoms with E-state index in [2.05, 4.69) is 27.2 Å². The molecule has 2 aromatic carbocycles. The molecule has 0 saturated heterocycles. The van der Waals surface area contributed by atoms with Gasteiger partial charge in [0.25, 0.3) is 0 Å². The average Bonchev–Trinajstić information content (AvgIpc) is 2.97. The maximum Gasteiger partial charge on any atom is 0.191 e. The molecule has 0 aliphatic heterocycles. The zero-order valence-electron chi connectivity index (χ0n) is 14.2. The van der Waals surface area contributed by atoms with Crippen LogP contribution in [-0.4, -0.2) is 28.9 Å². The highest BCUT2D eigenvalue weighted by atomic mass is 35.5. The van der Waals surface area contributed by atoms with Crippen LogP contribution in [-0.2, 0) is 12.8 Å². The van der Waals surface area contributed by atoms with E-state index in [1.807, 2.05) is 56.0 Å². The Hall–Kier alpha value is -1.69. The molecular formula is C18H18Cl2N4S. The fraction of sp³-hybridized carbons (Fsp3) is 0.222. The fourth-order valence-corrected chi connectivity index (χ4v) is 3.57. The Bertz CT molecular complexity index is 893. The van der Waals surface area contributed by atoms with Crippen molar-refractivity contribution in [2.75, 3.05) is 19.0 Å². The van der Waals surface area contributed by atoms with Gasteiger partial charge in [-0.1, -0.05) is 53.2 Å².